The van der Waals surface area contributed by atoms with E-state index >= 15 is 0 Å². The van der Waals surface area contributed by atoms with Crippen LogP contribution in [0.4, 0.5) is 5.82 Å². The van der Waals surface area contributed by atoms with E-state index in [-0.39, 0.29) is 5.91 Å². The van der Waals surface area contributed by atoms with Crippen LogP contribution in [0.3, 0.4) is 0 Å². The molecule has 0 aromatic carbocycles. The maximum atomic E-state index is 12.1. The molecule has 1 atom stereocenters. The molecule has 1 heterocycles. The maximum Gasteiger partial charge on any atom is 0.242 e. The van der Waals surface area contributed by atoms with Gasteiger partial charge in [-0.2, -0.15) is 5.26 Å². The number of carbonyl (C=O) groups is 1. The van der Waals surface area contributed by atoms with Crippen molar-refractivity contribution in [1.29, 1.82) is 5.26 Å². The number of hydrogen-bond donors (Lipinski definition) is 2. The van der Waals surface area contributed by atoms with Crippen molar-refractivity contribution in [2.75, 3.05) is 12.3 Å². The van der Waals surface area contributed by atoms with Crippen molar-refractivity contribution >= 4 is 11.7 Å². The van der Waals surface area contributed by atoms with Gasteiger partial charge in [-0.15, -0.1) is 0 Å². The molecule has 5 heteroatoms. The third-order valence-corrected chi connectivity index (χ3v) is 3.36. The molecule has 1 aromatic rings. The molecule has 5 nitrogen and oxygen atoms in total. The molecular weight excluding hydrogens is 240 g/mol. The first kappa shape index (κ1) is 15.1. The standard InChI is InChI=1S/C14H22N4O/c1-8(2)7-17-14(19)11(5)18-10(4)9(3)12(6-15)13(18)16/h8,11H,7,16H2,1-5H3,(H,17,19). The summed E-state index contributed by atoms with van der Waals surface area (Å²) in [4.78, 5) is 12.1. The Labute approximate surface area is 114 Å². The Morgan fingerprint density at radius 2 is 2.00 bits per heavy atom. The van der Waals surface area contributed by atoms with Crippen LogP contribution in [0.5, 0.6) is 0 Å². The summed E-state index contributed by atoms with van der Waals surface area (Å²) in [5.74, 6) is 0.684. The van der Waals surface area contributed by atoms with E-state index in [4.69, 9.17) is 11.0 Å². The molecule has 3 N–H and O–H groups in total. The number of anilines is 1. The highest BCUT2D eigenvalue weighted by molar-refractivity contribution is 5.81. The normalized spacial score (nSPS) is 12.3. The molecule has 0 aliphatic heterocycles. The number of nitrogens with two attached hydrogens (primary N) is 1. The Kier molecular flexibility index (Phi) is 4.60. The lowest BCUT2D eigenvalue weighted by Gasteiger charge is -2.18. The number of hydrogen-bond acceptors (Lipinski definition) is 3. The monoisotopic (exact) mass is 262 g/mol. The van der Waals surface area contributed by atoms with Crippen LogP contribution >= 0.6 is 0 Å². The van der Waals surface area contributed by atoms with Crippen LogP contribution in [-0.2, 0) is 4.79 Å². The molecule has 104 valence electrons. The van der Waals surface area contributed by atoms with Crippen LogP contribution in [-0.4, -0.2) is 17.0 Å². The number of nitrogen functional groups attached to an aromatic ring is 1. The molecule has 1 aromatic heterocycles. The van der Waals surface area contributed by atoms with Crippen molar-refractivity contribution < 1.29 is 4.79 Å². The summed E-state index contributed by atoms with van der Waals surface area (Å²) < 4.78 is 1.73. The molecule has 0 bridgehead atoms. The summed E-state index contributed by atoms with van der Waals surface area (Å²) in [7, 11) is 0. The van der Waals surface area contributed by atoms with Gasteiger partial charge in [0.2, 0.25) is 5.91 Å². The Morgan fingerprint density at radius 1 is 1.42 bits per heavy atom. The summed E-state index contributed by atoms with van der Waals surface area (Å²) in [6.07, 6.45) is 0. The summed E-state index contributed by atoms with van der Waals surface area (Å²) in [5.41, 5.74) is 8.13. The van der Waals surface area contributed by atoms with E-state index in [0.717, 1.165) is 11.3 Å². The number of carbonyl (C=O) groups excluding carboxylic acids is 1. The minimum atomic E-state index is -0.417. The minimum Gasteiger partial charge on any atom is -0.384 e. The Morgan fingerprint density at radius 3 is 2.42 bits per heavy atom. The van der Waals surface area contributed by atoms with E-state index in [1.807, 2.05) is 27.7 Å². The Bertz CT molecular complexity index is 523. The van der Waals surface area contributed by atoms with E-state index in [1.54, 1.807) is 11.5 Å². The van der Waals surface area contributed by atoms with Crippen molar-refractivity contribution in [3.8, 4) is 6.07 Å². The molecule has 0 spiro atoms. The van der Waals surface area contributed by atoms with Gasteiger partial charge in [-0.25, -0.2) is 0 Å². The third-order valence-electron chi connectivity index (χ3n) is 3.36. The van der Waals surface area contributed by atoms with Crippen molar-refractivity contribution in [3.63, 3.8) is 0 Å². The van der Waals surface area contributed by atoms with Gasteiger partial charge in [-0.05, 0) is 32.3 Å². The molecule has 1 rings (SSSR count). The zero-order valence-corrected chi connectivity index (χ0v) is 12.2. The topological polar surface area (TPSA) is 83.8 Å². The Balaban J connectivity index is 3.04. The van der Waals surface area contributed by atoms with Crippen LogP contribution in [0.25, 0.3) is 0 Å². The zero-order valence-electron chi connectivity index (χ0n) is 12.2. The lowest BCUT2D eigenvalue weighted by molar-refractivity contribution is -0.124. The van der Waals surface area contributed by atoms with Gasteiger partial charge in [0.15, 0.2) is 0 Å². The number of nitrogens with zero attached hydrogens (tertiary/aromatic N) is 2. The smallest absolute Gasteiger partial charge is 0.242 e. The van der Waals surface area contributed by atoms with Crippen molar-refractivity contribution in [1.82, 2.24) is 9.88 Å². The molecule has 0 aliphatic rings. The van der Waals surface area contributed by atoms with Crippen LogP contribution in [0.15, 0.2) is 0 Å². The Hall–Kier alpha value is -1.96. The number of aromatic nitrogens is 1. The van der Waals surface area contributed by atoms with Gasteiger partial charge in [0.25, 0.3) is 0 Å². The first-order chi connectivity index (χ1) is 8.81. The molecule has 0 aliphatic carbocycles. The molecule has 0 radical (unpaired) electrons. The van der Waals surface area contributed by atoms with Gasteiger partial charge in [0.1, 0.15) is 17.9 Å². The highest BCUT2D eigenvalue weighted by Crippen LogP contribution is 2.27. The van der Waals surface area contributed by atoms with Gasteiger partial charge in [0, 0.05) is 12.2 Å². The van der Waals surface area contributed by atoms with Gasteiger partial charge >= 0.3 is 0 Å². The van der Waals surface area contributed by atoms with Crippen molar-refractivity contribution in [3.05, 3.63) is 16.8 Å². The molecule has 19 heavy (non-hydrogen) atoms. The average Bonchev–Trinajstić information content (AvgIpc) is 2.56. The molecule has 0 saturated heterocycles. The fraction of sp³-hybridized carbons (Fsp3) is 0.571. The van der Waals surface area contributed by atoms with E-state index in [9.17, 15) is 4.79 Å². The number of rotatable bonds is 4. The lowest BCUT2D eigenvalue weighted by atomic mass is 10.2. The first-order valence-electron chi connectivity index (χ1n) is 6.45. The van der Waals surface area contributed by atoms with E-state index in [1.165, 1.54) is 0 Å². The van der Waals surface area contributed by atoms with E-state index < -0.39 is 6.04 Å². The van der Waals surface area contributed by atoms with Crippen LogP contribution in [0.1, 0.15) is 43.6 Å². The van der Waals surface area contributed by atoms with Crippen LogP contribution in [0, 0.1) is 31.1 Å². The minimum absolute atomic E-state index is 0.0806. The van der Waals surface area contributed by atoms with E-state index in [0.29, 0.717) is 23.8 Å². The van der Waals surface area contributed by atoms with Gasteiger partial charge in [-0.1, -0.05) is 13.8 Å². The largest absolute Gasteiger partial charge is 0.384 e. The second-order valence-electron chi connectivity index (χ2n) is 5.27. The average molecular weight is 262 g/mol. The fourth-order valence-electron chi connectivity index (χ4n) is 2.06. The first-order valence-corrected chi connectivity index (χ1v) is 6.45. The maximum absolute atomic E-state index is 12.1. The number of nitriles is 1. The fourth-order valence-corrected chi connectivity index (χ4v) is 2.06. The molecule has 1 amide bonds. The second-order valence-corrected chi connectivity index (χ2v) is 5.27. The van der Waals surface area contributed by atoms with E-state index in [2.05, 4.69) is 11.4 Å². The molecule has 1 unspecified atom stereocenters. The number of nitrogens with one attached hydrogen (secondary N) is 1. The number of amides is 1. The third kappa shape index (κ3) is 2.90. The predicted molar refractivity (Wildman–Crippen MR) is 75.6 cm³/mol. The molecule has 0 saturated carbocycles. The lowest BCUT2D eigenvalue weighted by Crippen LogP contribution is -2.34. The van der Waals surface area contributed by atoms with Crippen LogP contribution in [0.2, 0.25) is 0 Å². The van der Waals surface area contributed by atoms with Crippen molar-refractivity contribution in [2.45, 2.75) is 40.7 Å². The quantitative estimate of drug-likeness (QED) is 0.869. The predicted octanol–water partition coefficient (Wildman–Crippen LogP) is 1.89. The SMILES string of the molecule is Cc1c(C#N)c(N)n(C(C)C(=O)NCC(C)C)c1C. The van der Waals surface area contributed by atoms with Gasteiger partial charge < -0.3 is 15.6 Å². The highest BCUT2D eigenvalue weighted by atomic mass is 16.2. The van der Waals surface area contributed by atoms with Gasteiger partial charge in [-0.3, -0.25) is 4.79 Å². The summed E-state index contributed by atoms with van der Waals surface area (Å²) in [6.45, 7) is 10.2. The summed E-state index contributed by atoms with van der Waals surface area (Å²) in [5, 5.41) is 12.0. The molecule has 0 fully saturated rings. The van der Waals surface area contributed by atoms with Gasteiger partial charge in [0.05, 0.1) is 5.56 Å². The second kappa shape index (κ2) is 5.79. The zero-order chi connectivity index (χ0) is 14.7. The highest BCUT2D eigenvalue weighted by Gasteiger charge is 2.23. The van der Waals surface area contributed by atoms with Crippen molar-refractivity contribution in [2.24, 2.45) is 5.92 Å². The summed E-state index contributed by atoms with van der Waals surface area (Å²) >= 11 is 0. The summed E-state index contributed by atoms with van der Waals surface area (Å²) in [6, 6.07) is 1.67. The molecular formula is C14H22N4O. The van der Waals surface area contributed by atoms with Crippen LogP contribution < -0.4 is 11.1 Å².